The molecule has 1 unspecified atom stereocenters. The number of ether oxygens (including phenoxy) is 1. The van der Waals surface area contributed by atoms with Crippen molar-refractivity contribution in [2.24, 2.45) is 7.05 Å². The summed E-state index contributed by atoms with van der Waals surface area (Å²) in [5.41, 5.74) is -0.292. The molecule has 0 aliphatic heterocycles. The summed E-state index contributed by atoms with van der Waals surface area (Å²) in [6.45, 7) is 2.69. The van der Waals surface area contributed by atoms with E-state index in [0.717, 1.165) is 31.5 Å². The molecule has 0 bridgehead atoms. The molecule has 4 heteroatoms. The van der Waals surface area contributed by atoms with Crippen molar-refractivity contribution in [3.05, 3.63) is 18.2 Å². The fourth-order valence-electron chi connectivity index (χ4n) is 3.00. The predicted octanol–water partition coefficient (Wildman–Crippen LogP) is 2.06. The second kappa shape index (κ2) is 5.85. The minimum Gasteiger partial charge on any atom is -0.390 e. The fourth-order valence-corrected chi connectivity index (χ4v) is 3.00. The summed E-state index contributed by atoms with van der Waals surface area (Å²) >= 11 is 0. The highest BCUT2D eigenvalue weighted by molar-refractivity contribution is 4.97. The van der Waals surface area contributed by atoms with E-state index in [9.17, 15) is 5.11 Å². The van der Waals surface area contributed by atoms with Crippen LogP contribution in [-0.4, -0.2) is 33.0 Å². The molecular formula is C14H24N2O2. The Kier molecular flexibility index (Phi) is 4.40. The van der Waals surface area contributed by atoms with Gasteiger partial charge in [0.1, 0.15) is 5.82 Å². The van der Waals surface area contributed by atoms with Gasteiger partial charge in [0.25, 0.3) is 0 Å². The Hall–Kier alpha value is -0.870. The van der Waals surface area contributed by atoms with E-state index in [1.54, 1.807) is 6.20 Å². The number of aryl methyl sites for hydroxylation is 2. The Morgan fingerprint density at radius 3 is 2.78 bits per heavy atom. The van der Waals surface area contributed by atoms with E-state index in [4.69, 9.17) is 4.74 Å². The first-order chi connectivity index (χ1) is 8.68. The molecule has 1 N–H and O–H groups in total. The first-order valence-corrected chi connectivity index (χ1v) is 6.96. The van der Waals surface area contributed by atoms with Crippen LogP contribution < -0.4 is 0 Å². The molecule has 1 aromatic heterocycles. The van der Waals surface area contributed by atoms with E-state index in [0.29, 0.717) is 6.61 Å². The highest BCUT2D eigenvalue weighted by atomic mass is 16.5. The Morgan fingerprint density at radius 1 is 1.50 bits per heavy atom. The summed E-state index contributed by atoms with van der Waals surface area (Å²) < 4.78 is 7.88. The van der Waals surface area contributed by atoms with Crippen LogP contribution in [0.4, 0.5) is 0 Å². The third-order valence-corrected chi connectivity index (χ3v) is 4.05. The third-order valence-electron chi connectivity index (χ3n) is 4.05. The molecule has 1 aromatic rings. The quantitative estimate of drug-likeness (QED) is 0.843. The lowest BCUT2D eigenvalue weighted by Crippen LogP contribution is -2.42. The van der Waals surface area contributed by atoms with Gasteiger partial charge in [-0.05, 0) is 26.2 Å². The van der Waals surface area contributed by atoms with Crippen LogP contribution in [0, 0.1) is 0 Å². The Balaban J connectivity index is 1.93. The number of aliphatic hydroxyl groups is 1. The summed E-state index contributed by atoms with van der Waals surface area (Å²) in [6, 6.07) is 0. The van der Waals surface area contributed by atoms with Gasteiger partial charge in [-0.25, -0.2) is 4.98 Å². The van der Waals surface area contributed by atoms with Gasteiger partial charge in [-0.2, -0.15) is 0 Å². The van der Waals surface area contributed by atoms with Crippen molar-refractivity contribution < 1.29 is 9.84 Å². The molecule has 1 saturated carbocycles. The topological polar surface area (TPSA) is 47.3 Å². The molecule has 1 heterocycles. The summed E-state index contributed by atoms with van der Waals surface area (Å²) in [4.78, 5) is 4.29. The van der Waals surface area contributed by atoms with E-state index < -0.39 is 0 Å². The lowest BCUT2D eigenvalue weighted by Gasteiger charge is -2.34. The standard InChI is InChI=1S/C14H24N2O2/c1-3-18-14(8-4-5-9-14)12(17)6-7-13-15-10-11-16(13)2/h10-12,17H,3-9H2,1-2H3. The van der Waals surface area contributed by atoms with Gasteiger partial charge >= 0.3 is 0 Å². The van der Waals surface area contributed by atoms with E-state index in [1.165, 1.54) is 12.8 Å². The van der Waals surface area contributed by atoms with E-state index in [1.807, 2.05) is 24.7 Å². The van der Waals surface area contributed by atoms with E-state index in [2.05, 4.69) is 4.98 Å². The molecular weight excluding hydrogens is 228 g/mol. The van der Waals surface area contributed by atoms with Gasteiger partial charge in [-0.3, -0.25) is 0 Å². The van der Waals surface area contributed by atoms with Crippen LogP contribution in [-0.2, 0) is 18.2 Å². The minimum atomic E-state index is -0.378. The molecule has 0 radical (unpaired) electrons. The number of aliphatic hydroxyl groups excluding tert-OH is 1. The van der Waals surface area contributed by atoms with Gasteiger partial charge < -0.3 is 14.4 Å². The Labute approximate surface area is 109 Å². The number of rotatable bonds is 6. The zero-order chi connectivity index (χ0) is 13.0. The van der Waals surface area contributed by atoms with E-state index in [-0.39, 0.29) is 11.7 Å². The zero-order valence-corrected chi connectivity index (χ0v) is 11.4. The third kappa shape index (κ3) is 2.75. The molecule has 4 nitrogen and oxygen atoms in total. The maximum Gasteiger partial charge on any atom is 0.108 e. The van der Waals surface area contributed by atoms with Crippen LogP contribution >= 0.6 is 0 Å². The summed E-state index contributed by atoms with van der Waals surface area (Å²) in [5, 5.41) is 10.5. The number of aromatic nitrogens is 2. The smallest absolute Gasteiger partial charge is 0.108 e. The van der Waals surface area contributed by atoms with Gasteiger partial charge in [-0.1, -0.05) is 12.8 Å². The zero-order valence-electron chi connectivity index (χ0n) is 11.4. The van der Waals surface area contributed by atoms with Crippen LogP contribution in [0.1, 0.15) is 44.9 Å². The Bertz CT molecular complexity index is 370. The molecule has 0 aromatic carbocycles. The summed E-state index contributed by atoms with van der Waals surface area (Å²) in [5.74, 6) is 1.03. The van der Waals surface area contributed by atoms with Crippen molar-refractivity contribution in [3.8, 4) is 0 Å². The lowest BCUT2D eigenvalue weighted by molar-refractivity contribution is -0.118. The molecule has 1 aliphatic carbocycles. The van der Waals surface area contributed by atoms with Crippen molar-refractivity contribution in [3.63, 3.8) is 0 Å². The fraction of sp³-hybridized carbons (Fsp3) is 0.786. The first kappa shape index (κ1) is 13.6. The number of hydrogen-bond acceptors (Lipinski definition) is 3. The minimum absolute atomic E-state index is 0.292. The van der Waals surface area contributed by atoms with Gasteiger partial charge in [0.2, 0.25) is 0 Å². The molecule has 2 rings (SSSR count). The maximum atomic E-state index is 10.5. The SMILES string of the molecule is CCOC1(C(O)CCc2nccn2C)CCCC1. The van der Waals surface area contributed by atoms with Crippen LogP contribution in [0.25, 0.3) is 0 Å². The molecule has 1 fully saturated rings. The molecule has 1 atom stereocenters. The molecule has 102 valence electrons. The van der Waals surface area contributed by atoms with E-state index >= 15 is 0 Å². The van der Waals surface area contributed by atoms with Crippen molar-refractivity contribution in [1.82, 2.24) is 9.55 Å². The van der Waals surface area contributed by atoms with Gasteiger partial charge in [0, 0.05) is 32.5 Å². The average molecular weight is 252 g/mol. The first-order valence-electron chi connectivity index (χ1n) is 6.96. The predicted molar refractivity (Wildman–Crippen MR) is 70.4 cm³/mol. The van der Waals surface area contributed by atoms with Crippen molar-refractivity contribution >= 4 is 0 Å². The second-order valence-corrected chi connectivity index (χ2v) is 5.21. The number of nitrogens with zero attached hydrogens (tertiary/aromatic N) is 2. The molecule has 0 amide bonds. The molecule has 1 aliphatic rings. The van der Waals surface area contributed by atoms with Crippen molar-refractivity contribution in [1.29, 1.82) is 0 Å². The Morgan fingerprint density at radius 2 is 2.22 bits per heavy atom. The van der Waals surface area contributed by atoms with Gasteiger partial charge in [0.05, 0.1) is 11.7 Å². The summed E-state index contributed by atoms with van der Waals surface area (Å²) in [7, 11) is 1.99. The monoisotopic (exact) mass is 252 g/mol. The normalized spacial score (nSPS) is 20.2. The average Bonchev–Trinajstić information content (AvgIpc) is 2.97. The highest BCUT2D eigenvalue weighted by Crippen LogP contribution is 2.37. The molecule has 18 heavy (non-hydrogen) atoms. The van der Waals surface area contributed by atoms with Crippen LogP contribution in [0.3, 0.4) is 0 Å². The second-order valence-electron chi connectivity index (χ2n) is 5.21. The van der Waals surface area contributed by atoms with Gasteiger partial charge in [0.15, 0.2) is 0 Å². The van der Waals surface area contributed by atoms with Gasteiger partial charge in [-0.15, -0.1) is 0 Å². The highest BCUT2D eigenvalue weighted by Gasteiger charge is 2.41. The largest absolute Gasteiger partial charge is 0.390 e. The van der Waals surface area contributed by atoms with Crippen molar-refractivity contribution in [2.75, 3.05) is 6.61 Å². The summed E-state index contributed by atoms with van der Waals surface area (Å²) in [6.07, 6.45) is 9.20. The van der Waals surface area contributed by atoms with Crippen molar-refractivity contribution in [2.45, 2.75) is 57.2 Å². The molecule has 0 spiro atoms. The van der Waals surface area contributed by atoms with Crippen LogP contribution in [0.2, 0.25) is 0 Å². The maximum absolute atomic E-state index is 10.5. The van der Waals surface area contributed by atoms with Crippen LogP contribution in [0.5, 0.6) is 0 Å². The molecule has 0 saturated heterocycles. The number of hydrogen-bond donors (Lipinski definition) is 1. The van der Waals surface area contributed by atoms with Crippen LogP contribution in [0.15, 0.2) is 12.4 Å². The number of imidazole rings is 1. The lowest BCUT2D eigenvalue weighted by atomic mass is 9.91.